The Labute approximate surface area is 95.1 Å². The molecule has 0 aliphatic heterocycles. The molecule has 1 unspecified atom stereocenters. The van der Waals surface area contributed by atoms with Crippen molar-refractivity contribution in [3.8, 4) is 0 Å². The Morgan fingerprint density at radius 3 is 2.88 bits per heavy atom. The van der Waals surface area contributed by atoms with E-state index >= 15 is 0 Å². The molecule has 84 valence electrons. The summed E-state index contributed by atoms with van der Waals surface area (Å²) in [6.45, 7) is 2.11. The lowest BCUT2D eigenvalue weighted by Gasteiger charge is -2.13. The summed E-state index contributed by atoms with van der Waals surface area (Å²) in [6.07, 6.45) is 8.36. The average Bonchev–Trinajstić information content (AvgIpc) is 2.75. The van der Waals surface area contributed by atoms with Crippen LogP contribution in [0.3, 0.4) is 0 Å². The minimum atomic E-state index is -0.119. The summed E-state index contributed by atoms with van der Waals surface area (Å²) in [4.78, 5) is 4.12. The van der Waals surface area contributed by atoms with E-state index in [1.165, 1.54) is 5.56 Å². The summed E-state index contributed by atoms with van der Waals surface area (Å²) in [6, 6.07) is 1.86. The van der Waals surface area contributed by atoms with Crippen LogP contribution in [0.4, 0.5) is 0 Å². The van der Waals surface area contributed by atoms with Crippen LogP contribution in [0.25, 0.3) is 0 Å². The van der Waals surface area contributed by atoms with Crippen LogP contribution >= 0.6 is 0 Å². The monoisotopic (exact) mass is 216 g/mol. The smallest absolute Gasteiger partial charge is 0.0586 e. The summed E-state index contributed by atoms with van der Waals surface area (Å²) >= 11 is 0. The third kappa shape index (κ3) is 1.97. The molecule has 0 aliphatic rings. The van der Waals surface area contributed by atoms with Crippen molar-refractivity contribution >= 4 is 0 Å². The maximum Gasteiger partial charge on any atom is 0.0586 e. The van der Waals surface area contributed by atoms with Gasteiger partial charge in [-0.1, -0.05) is 6.92 Å². The molecule has 2 aromatic rings. The lowest BCUT2D eigenvalue weighted by Crippen LogP contribution is -2.13. The normalized spacial score (nSPS) is 12.7. The fourth-order valence-electron chi connectivity index (χ4n) is 1.82. The van der Waals surface area contributed by atoms with E-state index in [0.29, 0.717) is 0 Å². The predicted octanol–water partition coefficient (Wildman–Crippen LogP) is 1.43. The molecule has 2 N–H and O–H groups in total. The van der Waals surface area contributed by atoms with Crippen molar-refractivity contribution in [1.29, 1.82) is 0 Å². The lowest BCUT2D eigenvalue weighted by molar-refractivity contribution is 0.764. The quantitative estimate of drug-likeness (QED) is 0.844. The number of aryl methyl sites for hydroxylation is 2. The van der Waals surface area contributed by atoms with Gasteiger partial charge >= 0.3 is 0 Å². The first-order valence-corrected chi connectivity index (χ1v) is 5.39. The van der Waals surface area contributed by atoms with Crippen LogP contribution in [0, 0.1) is 0 Å². The molecular formula is C12H16N4. The number of hydrogen-bond donors (Lipinski definition) is 1. The van der Waals surface area contributed by atoms with Gasteiger partial charge in [0.25, 0.3) is 0 Å². The van der Waals surface area contributed by atoms with Crippen molar-refractivity contribution in [1.82, 2.24) is 14.8 Å². The molecule has 0 saturated heterocycles. The van der Waals surface area contributed by atoms with Gasteiger partial charge in [-0.3, -0.25) is 9.67 Å². The zero-order chi connectivity index (χ0) is 11.5. The second-order valence-electron chi connectivity index (χ2n) is 3.85. The molecule has 2 heterocycles. The number of nitrogens with zero attached hydrogens (tertiary/aromatic N) is 3. The fourth-order valence-corrected chi connectivity index (χ4v) is 1.82. The van der Waals surface area contributed by atoms with Crippen LogP contribution in [-0.4, -0.2) is 14.8 Å². The van der Waals surface area contributed by atoms with E-state index in [2.05, 4.69) is 17.0 Å². The molecule has 0 fully saturated rings. The Morgan fingerprint density at radius 2 is 2.25 bits per heavy atom. The zero-order valence-corrected chi connectivity index (χ0v) is 9.59. The van der Waals surface area contributed by atoms with E-state index in [1.54, 1.807) is 10.9 Å². The molecule has 2 aromatic heterocycles. The van der Waals surface area contributed by atoms with Gasteiger partial charge in [0.15, 0.2) is 0 Å². The highest BCUT2D eigenvalue weighted by molar-refractivity contribution is 5.33. The number of nitrogens with two attached hydrogens (primary N) is 1. The summed E-state index contributed by atoms with van der Waals surface area (Å²) in [5, 5.41) is 4.14. The molecule has 0 saturated carbocycles. The van der Waals surface area contributed by atoms with Gasteiger partial charge in [0, 0.05) is 31.2 Å². The van der Waals surface area contributed by atoms with E-state index in [0.717, 1.165) is 17.5 Å². The number of pyridine rings is 1. The molecular weight excluding hydrogens is 200 g/mol. The van der Waals surface area contributed by atoms with Crippen LogP contribution < -0.4 is 5.73 Å². The maximum absolute atomic E-state index is 6.22. The van der Waals surface area contributed by atoms with Gasteiger partial charge < -0.3 is 5.73 Å². The van der Waals surface area contributed by atoms with E-state index < -0.39 is 0 Å². The zero-order valence-electron chi connectivity index (χ0n) is 9.59. The van der Waals surface area contributed by atoms with Gasteiger partial charge in [0.2, 0.25) is 0 Å². The summed E-state index contributed by atoms with van der Waals surface area (Å²) in [5.41, 5.74) is 9.58. The molecule has 0 radical (unpaired) electrons. The van der Waals surface area contributed by atoms with Gasteiger partial charge in [-0.05, 0) is 23.6 Å². The second kappa shape index (κ2) is 4.45. The van der Waals surface area contributed by atoms with Gasteiger partial charge in [0.1, 0.15) is 0 Å². The van der Waals surface area contributed by atoms with E-state index in [9.17, 15) is 0 Å². The molecule has 16 heavy (non-hydrogen) atoms. The molecule has 2 rings (SSSR count). The van der Waals surface area contributed by atoms with Crippen molar-refractivity contribution in [3.05, 3.63) is 47.5 Å². The largest absolute Gasteiger partial charge is 0.320 e. The molecule has 0 bridgehead atoms. The Kier molecular flexibility index (Phi) is 3.01. The maximum atomic E-state index is 6.22. The summed E-state index contributed by atoms with van der Waals surface area (Å²) < 4.78 is 1.77. The molecule has 4 heteroatoms. The molecule has 0 amide bonds. The molecule has 4 nitrogen and oxygen atoms in total. The Hall–Kier alpha value is -1.68. The van der Waals surface area contributed by atoms with Gasteiger partial charge in [-0.2, -0.15) is 5.10 Å². The van der Waals surface area contributed by atoms with Crippen LogP contribution in [-0.2, 0) is 13.5 Å². The Morgan fingerprint density at radius 1 is 1.44 bits per heavy atom. The Balaban J connectivity index is 2.36. The highest BCUT2D eigenvalue weighted by Crippen LogP contribution is 2.21. The molecule has 0 spiro atoms. The predicted molar refractivity (Wildman–Crippen MR) is 62.9 cm³/mol. The van der Waals surface area contributed by atoms with Crippen LogP contribution in [0.15, 0.2) is 30.9 Å². The first-order valence-electron chi connectivity index (χ1n) is 5.39. The van der Waals surface area contributed by atoms with E-state index in [4.69, 9.17) is 5.73 Å². The third-order valence-corrected chi connectivity index (χ3v) is 2.74. The van der Waals surface area contributed by atoms with E-state index in [1.807, 2.05) is 31.7 Å². The third-order valence-electron chi connectivity index (χ3n) is 2.74. The average molecular weight is 216 g/mol. The van der Waals surface area contributed by atoms with Gasteiger partial charge in [-0.25, -0.2) is 0 Å². The van der Waals surface area contributed by atoms with Crippen molar-refractivity contribution in [2.24, 2.45) is 12.8 Å². The first-order chi connectivity index (χ1) is 7.72. The summed E-state index contributed by atoms with van der Waals surface area (Å²) in [5.74, 6) is 0. The van der Waals surface area contributed by atoms with Crippen molar-refractivity contribution in [3.63, 3.8) is 0 Å². The minimum absolute atomic E-state index is 0.119. The SMILES string of the molecule is CCc1cnccc1C(N)c1cnn(C)c1. The van der Waals surface area contributed by atoms with Crippen LogP contribution in [0.5, 0.6) is 0 Å². The number of rotatable bonds is 3. The van der Waals surface area contributed by atoms with Crippen molar-refractivity contribution in [2.45, 2.75) is 19.4 Å². The molecule has 1 atom stereocenters. The standard InChI is InChI=1S/C12H16N4/c1-3-9-6-14-5-4-11(9)12(13)10-7-15-16(2)8-10/h4-8,12H,3,13H2,1-2H3. The van der Waals surface area contributed by atoms with E-state index in [-0.39, 0.29) is 6.04 Å². The fraction of sp³-hybridized carbons (Fsp3) is 0.333. The summed E-state index contributed by atoms with van der Waals surface area (Å²) in [7, 11) is 1.89. The van der Waals surface area contributed by atoms with Gasteiger partial charge in [0.05, 0.1) is 12.2 Å². The molecule has 0 aliphatic carbocycles. The number of aromatic nitrogens is 3. The number of hydrogen-bond acceptors (Lipinski definition) is 3. The minimum Gasteiger partial charge on any atom is -0.320 e. The lowest BCUT2D eigenvalue weighted by atomic mass is 9.98. The van der Waals surface area contributed by atoms with Crippen LogP contribution in [0.1, 0.15) is 29.7 Å². The first kappa shape index (κ1) is 10.8. The van der Waals surface area contributed by atoms with Crippen LogP contribution in [0.2, 0.25) is 0 Å². The van der Waals surface area contributed by atoms with Crippen molar-refractivity contribution < 1.29 is 0 Å². The second-order valence-corrected chi connectivity index (χ2v) is 3.85. The Bertz CT molecular complexity index is 475. The highest BCUT2D eigenvalue weighted by Gasteiger charge is 2.13. The van der Waals surface area contributed by atoms with Crippen molar-refractivity contribution in [2.75, 3.05) is 0 Å². The molecule has 0 aromatic carbocycles. The highest BCUT2D eigenvalue weighted by atomic mass is 15.2. The van der Waals surface area contributed by atoms with Gasteiger partial charge in [-0.15, -0.1) is 0 Å². The topological polar surface area (TPSA) is 56.7 Å².